The van der Waals surface area contributed by atoms with Gasteiger partial charge in [-0.25, -0.2) is 31.8 Å². The molecule has 0 aliphatic carbocycles. The van der Waals surface area contributed by atoms with Gasteiger partial charge in [0.2, 0.25) is 0 Å². The van der Waals surface area contributed by atoms with Gasteiger partial charge in [0, 0.05) is 6.20 Å². The molecule has 0 spiro atoms. The number of hydrogen-bond donors (Lipinski definition) is 0. The monoisotopic (exact) mass is 413 g/mol. The van der Waals surface area contributed by atoms with Crippen LogP contribution in [0.15, 0.2) is 71.8 Å². The fourth-order valence-electron chi connectivity index (χ4n) is 3.09. The van der Waals surface area contributed by atoms with Gasteiger partial charge in [-0.05, 0) is 54.1 Å². The zero-order valence-corrected chi connectivity index (χ0v) is 16.1. The number of hydrogen-bond acceptors (Lipinski definition) is 5. The molecule has 2 amide bonds. The number of halogens is 1. The number of carbonyl (C=O) groups is 1. The lowest BCUT2D eigenvalue weighted by Gasteiger charge is -2.35. The molecule has 1 aliphatic heterocycles. The van der Waals surface area contributed by atoms with E-state index >= 15 is 0 Å². The van der Waals surface area contributed by atoms with Crippen molar-refractivity contribution in [3.05, 3.63) is 78.2 Å². The Balaban J connectivity index is 1.84. The average Bonchev–Trinajstić information content (AvgIpc) is 2.73. The predicted octanol–water partition coefficient (Wildman–Crippen LogP) is 3.69. The summed E-state index contributed by atoms with van der Waals surface area (Å²) in [5.41, 5.74) is 0.884. The number of nitrogens with zero attached hydrogens (tertiary/aromatic N) is 3. The highest BCUT2D eigenvalue weighted by molar-refractivity contribution is 7.90. The molecule has 1 aliphatic rings. The van der Waals surface area contributed by atoms with Crippen molar-refractivity contribution in [3.8, 4) is 5.75 Å². The van der Waals surface area contributed by atoms with Gasteiger partial charge < -0.3 is 4.74 Å². The van der Waals surface area contributed by atoms with E-state index in [1.54, 1.807) is 24.3 Å². The van der Waals surface area contributed by atoms with E-state index in [0.29, 0.717) is 17.0 Å². The van der Waals surface area contributed by atoms with Crippen LogP contribution < -0.4 is 9.64 Å². The van der Waals surface area contributed by atoms with E-state index < -0.39 is 21.9 Å². The second-order valence-corrected chi connectivity index (χ2v) is 8.11. The van der Waals surface area contributed by atoms with Crippen molar-refractivity contribution in [2.24, 2.45) is 0 Å². The first-order valence-electron chi connectivity index (χ1n) is 8.62. The fourth-order valence-corrected chi connectivity index (χ4v) is 4.56. The van der Waals surface area contributed by atoms with Crippen molar-refractivity contribution >= 4 is 27.6 Å². The van der Waals surface area contributed by atoms with Crippen molar-refractivity contribution in [1.82, 2.24) is 9.29 Å². The lowest BCUT2D eigenvalue weighted by Crippen LogP contribution is -2.48. The molecule has 3 aromatic rings. The molecule has 0 unspecified atom stereocenters. The van der Waals surface area contributed by atoms with Gasteiger partial charge in [-0.1, -0.05) is 12.1 Å². The third kappa shape index (κ3) is 3.29. The summed E-state index contributed by atoms with van der Waals surface area (Å²) in [5.74, 6) is 0.0492. The van der Waals surface area contributed by atoms with Crippen LogP contribution in [0.5, 0.6) is 5.75 Å². The zero-order chi connectivity index (χ0) is 20.6. The zero-order valence-electron chi connectivity index (χ0n) is 15.3. The number of urea groups is 1. The van der Waals surface area contributed by atoms with Gasteiger partial charge in [-0.2, -0.15) is 0 Å². The summed E-state index contributed by atoms with van der Waals surface area (Å²) < 4.78 is 45.6. The molecule has 0 radical (unpaired) electrons. The average molecular weight is 413 g/mol. The van der Waals surface area contributed by atoms with E-state index in [4.69, 9.17) is 4.74 Å². The quantitative estimate of drug-likeness (QED) is 0.652. The van der Waals surface area contributed by atoms with Crippen molar-refractivity contribution in [2.75, 3.05) is 12.0 Å². The highest BCUT2D eigenvalue weighted by Gasteiger charge is 2.43. The summed E-state index contributed by atoms with van der Waals surface area (Å²) >= 11 is 0. The van der Waals surface area contributed by atoms with E-state index in [9.17, 15) is 17.6 Å². The van der Waals surface area contributed by atoms with Crippen LogP contribution in [0, 0.1) is 5.82 Å². The summed E-state index contributed by atoms with van der Waals surface area (Å²) in [6.07, 6.45) is 1.40. The number of aromatic nitrogens is 1. The fraction of sp³-hybridized carbons (Fsp3) is 0.100. The minimum absolute atomic E-state index is 0.0222. The lowest BCUT2D eigenvalue weighted by molar-refractivity contribution is 0.229. The Morgan fingerprint density at radius 3 is 2.55 bits per heavy atom. The maximum absolute atomic E-state index is 13.4. The molecule has 0 saturated heterocycles. The summed E-state index contributed by atoms with van der Waals surface area (Å²) in [6.45, 7) is -0.190. The van der Waals surface area contributed by atoms with Crippen LogP contribution in [-0.2, 0) is 16.6 Å². The van der Waals surface area contributed by atoms with Crippen LogP contribution in [0.2, 0.25) is 0 Å². The molecular formula is C20H16FN3O4S. The van der Waals surface area contributed by atoms with E-state index in [1.807, 2.05) is 0 Å². The van der Waals surface area contributed by atoms with Gasteiger partial charge in [0.1, 0.15) is 16.5 Å². The number of pyridine rings is 1. The molecule has 148 valence electrons. The van der Waals surface area contributed by atoms with Crippen molar-refractivity contribution in [3.63, 3.8) is 0 Å². The SMILES string of the molecule is COc1cccc(CN2C(=O)N(c3ccc(F)cc3)c3ncccc3S2(=O)=O)c1. The number of amides is 2. The molecule has 9 heteroatoms. The lowest BCUT2D eigenvalue weighted by atomic mass is 10.2. The first-order chi connectivity index (χ1) is 13.9. The number of carbonyl (C=O) groups excluding carboxylic acids is 1. The van der Waals surface area contributed by atoms with Gasteiger partial charge in [0.05, 0.1) is 19.3 Å². The first kappa shape index (κ1) is 18.9. The normalized spacial score (nSPS) is 15.2. The molecule has 1 aromatic heterocycles. The Morgan fingerprint density at radius 1 is 1.07 bits per heavy atom. The summed E-state index contributed by atoms with van der Waals surface area (Å²) in [5, 5.41) is 0. The second kappa shape index (κ2) is 7.17. The van der Waals surface area contributed by atoms with Gasteiger partial charge >= 0.3 is 6.03 Å². The van der Waals surface area contributed by atoms with Gasteiger partial charge in [0.25, 0.3) is 10.0 Å². The molecule has 0 atom stereocenters. The van der Waals surface area contributed by atoms with Gasteiger partial charge in [0.15, 0.2) is 5.82 Å². The van der Waals surface area contributed by atoms with Gasteiger partial charge in [-0.3, -0.25) is 0 Å². The van der Waals surface area contributed by atoms with Crippen molar-refractivity contribution in [2.45, 2.75) is 11.4 Å². The minimum Gasteiger partial charge on any atom is -0.497 e. The minimum atomic E-state index is -4.13. The maximum Gasteiger partial charge on any atom is 0.344 e. The molecule has 29 heavy (non-hydrogen) atoms. The standard InChI is InChI=1S/C20H16FN3O4S/c1-28-17-5-2-4-14(12-17)13-23-20(25)24(16-9-7-15(21)8-10-16)19-18(29(23,26)27)6-3-11-22-19/h2-12H,13H2,1H3. The Kier molecular flexibility index (Phi) is 4.67. The number of benzene rings is 2. The molecule has 7 nitrogen and oxygen atoms in total. The Morgan fingerprint density at radius 2 is 1.83 bits per heavy atom. The Hall–Kier alpha value is -3.46. The van der Waals surface area contributed by atoms with Crippen molar-refractivity contribution < 1.29 is 22.3 Å². The largest absolute Gasteiger partial charge is 0.497 e. The van der Waals surface area contributed by atoms with E-state index in [-0.39, 0.29) is 17.3 Å². The smallest absolute Gasteiger partial charge is 0.344 e. The second-order valence-electron chi connectivity index (χ2n) is 6.28. The molecule has 0 N–H and O–H groups in total. The number of rotatable bonds is 4. The molecule has 0 fully saturated rings. The molecule has 2 aromatic carbocycles. The molecule has 4 rings (SSSR count). The van der Waals surface area contributed by atoms with E-state index in [1.165, 1.54) is 49.7 Å². The molecule has 2 heterocycles. The van der Waals surface area contributed by atoms with Crippen LogP contribution in [0.1, 0.15) is 5.56 Å². The third-order valence-corrected chi connectivity index (χ3v) is 6.22. The van der Waals surface area contributed by atoms with Crippen LogP contribution in [0.4, 0.5) is 20.7 Å². The first-order valence-corrected chi connectivity index (χ1v) is 10.1. The summed E-state index contributed by atoms with van der Waals surface area (Å²) in [7, 11) is -2.63. The number of fused-ring (bicyclic) bond motifs is 1. The molecule has 0 saturated carbocycles. The Labute approximate surface area is 167 Å². The van der Waals surface area contributed by atoms with Crippen LogP contribution in [0.25, 0.3) is 0 Å². The van der Waals surface area contributed by atoms with Crippen LogP contribution >= 0.6 is 0 Å². The molecular weight excluding hydrogens is 397 g/mol. The highest BCUT2D eigenvalue weighted by atomic mass is 32.2. The number of ether oxygens (including phenoxy) is 1. The summed E-state index contributed by atoms with van der Waals surface area (Å²) in [4.78, 5) is 18.4. The predicted molar refractivity (Wildman–Crippen MR) is 104 cm³/mol. The summed E-state index contributed by atoms with van der Waals surface area (Å²) in [6, 6.07) is 14.0. The molecule has 0 bridgehead atoms. The van der Waals surface area contributed by atoms with E-state index in [2.05, 4.69) is 4.98 Å². The Bertz CT molecular complexity index is 1180. The number of methoxy groups -OCH3 is 1. The van der Waals surface area contributed by atoms with Gasteiger partial charge in [-0.15, -0.1) is 0 Å². The number of anilines is 2. The maximum atomic E-state index is 13.4. The third-order valence-electron chi connectivity index (χ3n) is 4.48. The highest BCUT2D eigenvalue weighted by Crippen LogP contribution is 2.38. The topological polar surface area (TPSA) is 79.8 Å². The van der Waals surface area contributed by atoms with Crippen molar-refractivity contribution in [1.29, 1.82) is 0 Å². The van der Waals surface area contributed by atoms with Crippen LogP contribution in [0.3, 0.4) is 0 Å². The van der Waals surface area contributed by atoms with E-state index in [0.717, 1.165) is 9.21 Å². The number of sulfonamides is 1. The van der Waals surface area contributed by atoms with Crippen LogP contribution in [-0.4, -0.2) is 30.8 Å².